The highest BCUT2D eigenvalue weighted by Gasteiger charge is 2.16. The molecule has 74 valence electrons. The van der Waals surface area contributed by atoms with Crippen molar-refractivity contribution in [2.75, 3.05) is 32.7 Å². The first-order chi connectivity index (χ1) is 6.45. The summed E-state index contributed by atoms with van der Waals surface area (Å²) in [6, 6.07) is 0. The molecule has 1 aliphatic carbocycles. The van der Waals surface area contributed by atoms with Gasteiger partial charge in [0.25, 0.3) is 0 Å². The molecule has 0 spiro atoms. The summed E-state index contributed by atoms with van der Waals surface area (Å²) in [5.41, 5.74) is 0. The molecule has 0 amide bonds. The van der Waals surface area contributed by atoms with Crippen LogP contribution in [0.25, 0.3) is 0 Å². The fourth-order valence-electron chi connectivity index (χ4n) is 2.28. The molecule has 2 aliphatic rings. The molecule has 1 aliphatic heterocycles. The lowest BCUT2D eigenvalue weighted by molar-refractivity contribution is 0.199. The molecule has 2 rings (SSSR count). The van der Waals surface area contributed by atoms with Crippen LogP contribution in [0.5, 0.6) is 0 Å². The second kappa shape index (κ2) is 4.77. The van der Waals surface area contributed by atoms with Crippen molar-refractivity contribution in [1.82, 2.24) is 10.2 Å². The monoisotopic (exact) mass is 180 g/mol. The Labute approximate surface area is 81.0 Å². The van der Waals surface area contributed by atoms with Crippen molar-refractivity contribution in [2.45, 2.75) is 19.3 Å². The first-order valence-electron chi connectivity index (χ1n) is 5.53. The number of nitrogens with one attached hydrogen (secondary N) is 1. The standard InChI is InChI=1S/C11H20N2/c1-2-4-11(5-3-1)10-13-8-6-12-7-9-13/h1-2,11-12H,3-10H2/t11-/m0/s1. The van der Waals surface area contributed by atoms with Crippen molar-refractivity contribution in [2.24, 2.45) is 5.92 Å². The molecule has 0 aromatic carbocycles. The van der Waals surface area contributed by atoms with Gasteiger partial charge in [-0.25, -0.2) is 0 Å². The molecule has 0 bridgehead atoms. The van der Waals surface area contributed by atoms with Gasteiger partial charge in [-0.3, -0.25) is 0 Å². The maximum Gasteiger partial charge on any atom is 0.0107 e. The molecular formula is C11H20N2. The molecule has 1 saturated heterocycles. The number of allylic oxidation sites excluding steroid dienone is 2. The van der Waals surface area contributed by atoms with E-state index in [1.54, 1.807) is 0 Å². The summed E-state index contributed by atoms with van der Waals surface area (Å²) in [7, 11) is 0. The smallest absolute Gasteiger partial charge is 0.0107 e. The maximum atomic E-state index is 3.40. The highest BCUT2D eigenvalue weighted by molar-refractivity contribution is 4.91. The van der Waals surface area contributed by atoms with Crippen molar-refractivity contribution >= 4 is 0 Å². The van der Waals surface area contributed by atoms with E-state index in [1.807, 2.05) is 0 Å². The molecule has 2 heteroatoms. The van der Waals surface area contributed by atoms with Crippen LogP contribution in [0.4, 0.5) is 0 Å². The van der Waals surface area contributed by atoms with Gasteiger partial charge in [0.15, 0.2) is 0 Å². The first kappa shape index (κ1) is 9.22. The molecule has 0 saturated carbocycles. The summed E-state index contributed by atoms with van der Waals surface area (Å²) in [5, 5.41) is 3.40. The van der Waals surface area contributed by atoms with Crippen molar-refractivity contribution in [3.05, 3.63) is 12.2 Å². The predicted octanol–water partition coefficient (Wildman–Crippen LogP) is 1.25. The Morgan fingerprint density at radius 2 is 2.08 bits per heavy atom. The highest BCUT2D eigenvalue weighted by atomic mass is 15.2. The third kappa shape index (κ3) is 2.82. The molecule has 0 unspecified atom stereocenters. The lowest BCUT2D eigenvalue weighted by Gasteiger charge is -2.31. The van der Waals surface area contributed by atoms with E-state index in [9.17, 15) is 0 Å². The Balaban J connectivity index is 1.72. The third-order valence-electron chi connectivity index (χ3n) is 3.10. The average Bonchev–Trinajstić information content (AvgIpc) is 2.21. The zero-order chi connectivity index (χ0) is 8.93. The van der Waals surface area contributed by atoms with Crippen LogP contribution in [-0.4, -0.2) is 37.6 Å². The minimum Gasteiger partial charge on any atom is -0.314 e. The van der Waals surface area contributed by atoms with Gasteiger partial charge in [0, 0.05) is 32.7 Å². The third-order valence-corrected chi connectivity index (χ3v) is 3.10. The number of rotatable bonds is 2. The summed E-state index contributed by atoms with van der Waals surface area (Å²) in [6.07, 6.45) is 8.70. The van der Waals surface area contributed by atoms with E-state index in [-0.39, 0.29) is 0 Å². The molecule has 1 heterocycles. The first-order valence-corrected chi connectivity index (χ1v) is 5.53. The van der Waals surface area contributed by atoms with Crippen LogP contribution in [0.15, 0.2) is 12.2 Å². The Hall–Kier alpha value is -0.340. The molecule has 0 aromatic rings. The summed E-state index contributed by atoms with van der Waals surface area (Å²) in [5.74, 6) is 0.933. The second-order valence-electron chi connectivity index (χ2n) is 4.20. The van der Waals surface area contributed by atoms with Crippen LogP contribution in [0.1, 0.15) is 19.3 Å². The highest BCUT2D eigenvalue weighted by Crippen LogP contribution is 2.19. The van der Waals surface area contributed by atoms with Gasteiger partial charge in [-0.1, -0.05) is 12.2 Å². The van der Waals surface area contributed by atoms with Gasteiger partial charge < -0.3 is 10.2 Å². The van der Waals surface area contributed by atoms with E-state index in [1.165, 1.54) is 52.0 Å². The summed E-state index contributed by atoms with van der Waals surface area (Å²) >= 11 is 0. The number of hydrogen-bond acceptors (Lipinski definition) is 2. The Bertz CT molecular complexity index is 171. The topological polar surface area (TPSA) is 15.3 Å². The molecule has 0 aromatic heterocycles. The van der Waals surface area contributed by atoms with Crippen molar-refractivity contribution in [3.63, 3.8) is 0 Å². The van der Waals surface area contributed by atoms with E-state index in [2.05, 4.69) is 22.4 Å². The number of hydrogen-bond donors (Lipinski definition) is 1. The van der Waals surface area contributed by atoms with E-state index in [0.717, 1.165) is 5.92 Å². The zero-order valence-corrected chi connectivity index (χ0v) is 8.34. The predicted molar refractivity (Wildman–Crippen MR) is 55.8 cm³/mol. The van der Waals surface area contributed by atoms with E-state index in [0.29, 0.717) is 0 Å². The molecule has 0 radical (unpaired) electrons. The van der Waals surface area contributed by atoms with E-state index >= 15 is 0 Å². The Morgan fingerprint density at radius 3 is 2.77 bits per heavy atom. The van der Waals surface area contributed by atoms with Crippen LogP contribution < -0.4 is 5.32 Å². The number of piperazine rings is 1. The van der Waals surface area contributed by atoms with Crippen LogP contribution in [-0.2, 0) is 0 Å². The minimum absolute atomic E-state index is 0.933. The largest absolute Gasteiger partial charge is 0.314 e. The zero-order valence-electron chi connectivity index (χ0n) is 8.34. The fraction of sp³-hybridized carbons (Fsp3) is 0.818. The van der Waals surface area contributed by atoms with Gasteiger partial charge in [-0.05, 0) is 25.2 Å². The SMILES string of the molecule is C1=CC[C@H](CN2CCNCC2)CC1. The van der Waals surface area contributed by atoms with Crippen molar-refractivity contribution < 1.29 is 0 Å². The molecular weight excluding hydrogens is 160 g/mol. The van der Waals surface area contributed by atoms with Crippen LogP contribution in [0, 0.1) is 5.92 Å². The number of nitrogens with zero attached hydrogens (tertiary/aromatic N) is 1. The fourth-order valence-corrected chi connectivity index (χ4v) is 2.28. The quantitative estimate of drug-likeness (QED) is 0.643. The van der Waals surface area contributed by atoms with Gasteiger partial charge in [0.1, 0.15) is 0 Å². The lowest BCUT2D eigenvalue weighted by Crippen LogP contribution is -2.45. The van der Waals surface area contributed by atoms with Crippen LogP contribution >= 0.6 is 0 Å². The van der Waals surface area contributed by atoms with Gasteiger partial charge in [0.05, 0.1) is 0 Å². The van der Waals surface area contributed by atoms with E-state index < -0.39 is 0 Å². The van der Waals surface area contributed by atoms with Crippen molar-refractivity contribution in [3.8, 4) is 0 Å². The van der Waals surface area contributed by atoms with Crippen molar-refractivity contribution in [1.29, 1.82) is 0 Å². The van der Waals surface area contributed by atoms with Gasteiger partial charge in [0.2, 0.25) is 0 Å². The maximum absolute atomic E-state index is 3.40. The normalized spacial score (nSPS) is 30.6. The van der Waals surface area contributed by atoms with Gasteiger partial charge >= 0.3 is 0 Å². The molecule has 1 N–H and O–H groups in total. The Morgan fingerprint density at radius 1 is 1.23 bits per heavy atom. The summed E-state index contributed by atoms with van der Waals surface area (Å²) in [4.78, 5) is 2.61. The molecule has 13 heavy (non-hydrogen) atoms. The minimum atomic E-state index is 0.933. The summed E-state index contributed by atoms with van der Waals surface area (Å²) in [6.45, 7) is 6.19. The molecule has 1 atom stereocenters. The van der Waals surface area contributed by atoms with Crippen LogP contribution in [0.2, 0.25) is 0 Å². The molecule has 1 fully saturated rings. The van der Waals surface area contributed by atoms with Crippen LogP contribution in [0.3, 0.4) is 0 Å². The summed E-state index contributed by atoms with van der Waals surface area (Å²) < 4.78 is 0. The van der Waals surface area contributed by atoms with E-state index in [4.69, 9.17) is 0 Å². The van der Waals surface area contributed by atoms with Gasteiger partial charge in [-0.2, -0.15) is 0 Å². The van der Waals surface area contributed by atoms with Gasteiger partial charge in [-0.15, -0.1) is 0 Å². The molecule has 2 nitrogen and oxygen atoms in total. The lowest BCUT2D eigenvalue weighted by atomic mass is 9.94. The second-order valence-corrected chi connectivity index (χ2v) is 4.20. The average molecular weight is 180 g/mol. The Kier molecular flexibility index (Phi) is 3.39.